The van der Waals surface area contributed by atoms with E-state index in [1.807, 2.05) is 13.0 Å². The van der Waals surface area contributed by atoms with Crippen molar-refractivity contribution >= 4 is 19.4 Å². The number of amides is 1. The Balaban J connectivity index is 2.06. The molecule has 0 unspecified atom stereocenters. The Morgan fingerprint density at radius 1 is 1.28 bits per heavy atom. The molecule has 7 nitrogen and oxygen atoms in total. The molecule has 3 rings (SSSR count). The third-order valence-corrected chi connectivity index (χ3v) is 5.42. The lowest BCUT2D eigenvalue weighted by molar-refractivity contribution is -0.135. The number of phosphoric acid groups is 1. The fourth-order valence-corrected chi connectivity index (χ4v) is 3.96. The highest BCUT2D eigenvalue weighted by Crippen LogP contribution is 2.44. The molecule has 1 amide bonds. The van der Waals surface area contributed by atoms with Crippen LogP contribution in [-0.4, -0.2) is 33.0 Å². The first-order chi connectivity index (χ1) is 13.6. The number of rotatable bonds is 6. The lowest BCUT2D eigenvalue weighted by atomic mass is 9.81. The zero-order valence-corrected chi connectivity index (χ0v) is 17.0. The van der Waals surface area contributed by atoms with E-state index in [2.05, 4.69) is 9.63 Å². The molecule has 0 bridgehead atoms. The molecule has 1 heterocycles. The summed E-state index contributed by atoms with van der Waals surface area (Å²) >= 11 is 0. The Bertz CT molecular complexity index is 992. The first-order valence-corrected chi connectivity index (χ1v) is 10.6. The number of hydrogen-bond donors (Lipinski definition) is 2. The number of halogens is 1. The van der Waals surface area contributed by atoms with E-state index in [0.29, 0.717) is 11.3 Å². The molecule has 2 aromatic rings. The van der Waals surface area contributed by atoms with Crippen LogP contribution in [0.5, 0.6) is 0 Å². The molecular formula is C20H22FN2O5P. The quantitative estimate of drug-likeness (QED) is 0.697. The normalized spacial score (nSPS) is 19.3. The lowest BCUT2D eigenvalue weighted by Crippen LogP contribution is -2.43. The topological polar surface area (TPSA) is 99.4 Å². The first kappa shape index (κ1) is 21.3. The second kappa shape index (κ2) is 8.16. The van der Waals surface area contributed by atoms with Gasteiger partial charge in [0.1, 0.15) is 5.82 Å². The van der Waals surface area contributed by atoms with Crippen LogP contribution in [0.25, 0.3) is 0 Å². The zero-order chi connectivity index (χ0) is 21.2. The van der Waals surface area contributed by atoms with Gasteiger partial charge in [0.05, 0.1) is 17.9 Å². The summed E-state index contributed by atoms with van der Waals surface area (Å²) in [6.07, 6.45) is 0.254. The van der Waals surface area contributed by atoms with Crippen LogP contribution in [0.1, 0.15) is 36.5 Å². The van der Waals surface area contributed by atoms with Crippen molar-refractivity contribution in [2.24, 2.45) is 5.10 Å². The van der Waals surface area contributed by atoms with Crippen LogP contribution in [0.4, 0.5) is 4.39 Å². The standard InChI is InChI=1S/C20H22FN2O5P/c1-14-8-9-18(21)17(12-14)19-13-20(23(22-19)15(2)24,10-11-28-29(25,26)27)16-6-4-3-5-7-16/h3-9,12H,10-11,13H2,1-2H3,(H2,25,26,27)/t20-/m0/s1. The summed E-state index contributed by atoms with van der Waals surface area (Å²) in [6.45, 7) is 2.88. The molecule has 1 atom stereocenters. The second-order valence-corrected chi connectivity index (χ2v) is 8.25. The van der Waals surface area contributed by atoms with Crippen molar-refractivity contribution in [3.63, 3.8) is 0 Å². The van der Waals surface area contributed by atoms with Gasteiger partial charge in [0, 0.05) is 25.3 Å². The molecule has 0 saturated carbocycles. The highest BCUT2D eigenvalue weighted by Gasteiger charge is 2.47. The molecule has 0 saturated heterocycles. The summed E-state index contributed by atoms with van der Waals surface area (Å²) in [5.41, 5.74) is 1.21. The summed E-state index contributed by atoms with van der Waals surface area (Å²) < 4.78 is 30.3. The van der Waals surface area contributed by atoms with Gasteiger partial charge in [-0.15, -0.1) is 0 Å². The number of phosphoric ester groups is 1. The first-order valence-electron chi connectivity index (χ1n) is 9.03. The van der Waals surface area contributed by atoms with Crippen LogP contribution in [0.15, 0.2) is 53.6 Å². The van der Waals surface area contributed by atoms with Crippen LogP contribution < -0.4 is 0 Å². The Morgan fingerprint density at radius 3 is 2.59 bits per heavy atom. The molecule has 0 radical (unpaired) electrons. The minimum Gasteiger partial charge on any atom is -0.303 e. The van der Waals surface area contributed by atoms with Gasteiger partial charge in [-0.2, -0.15) is 5.10 Å². The highest BCUT2D eigenvalue weighted by molar-refractivity contribution is 7.46. The summed E-state index contributed by atoms with van der Waals surface area (Å²) in [5, 5.41) is 5.68. The van der Waals surface area contributed by atoms with Gasteiger partial charge in [-0.25, -0.2) is 14.0 Å². The van der Waals surface area contributed by atoms with E-state index in [9.17, 15) is 13.8 Å². The van der Waals surface area contributed by atoms with Crippen LogP contribution >= 0.6 is 7.82 Å². The van der Waals surface area contributed by atoms with Gasteiger partial charge >= 0.3 is 7.82 Å². The molecule has 154 valence electrons. The Morgan fingerprint density at radius 2 is 1.97 bits per heavy atom. The van der Waals surface area contributed by atoms with Gasteiger partial charge in [-0.3, -0.25) is 9.32 Å². The molecule has 2 aromatic carbocycles. The van der Waals surface area contributed by atoms with E-state index >= 15 is 0 Å². The molecule has 0 aliphatic carbocycles. The van der Waals surface area contributed by atoms with Crippen molar-refractivity contribution in [1.29, 1.82) is 0 Å². The number of carbonyl (C=O) groups excluding carboxylic acids is 1. The van der Waals surface area contributed by atoms with E-state index in [1.165, 1.54) is 18.0 Å². The maximum absolute atomic E-state index is 14.5. The van der Waals surface area contributed by atoms with Crippen molar-refractivity contribution in [1.82, 2.24) is 5.01 Å². The van der Waals surface area contributed by atoms with Crippen molar-refractivity contribution in [2.45, 2.75) is 32.2 Å². The van der Waals surface area contributed by atoms with Crippen LogP contribution in [0.2, 0.25) is 0 Å². The fourth-order valence-electron chi connectivity index (χ4n) is 3.63. The number of benzene rings is 2. The summed E-state index contributed by atoms with van der Waals surface area (Å²) in [7, 11) is -4.68. The van der Waals surface area contributed by atoms with Crippen LogP contribution in [-0.2, 0) is 19.4 Å². The summed E-state index contributed by atoms with van der Waals surface area (Å²) in [4.78, 5) is 30.6. The van der Waals surface area contributed by atoms with Crippen molar-refractivity contribution in [2.75, 3.05) is 6.61 Å². The summed E-state index contributed by atoms with van der Waals surface area (Å²) in [5.74, 6) is -0.818. The molecule has 29 heavy (non-hydrogen) atoms. The average molecular weight is 420 g/mol. The van der Waals surface area contributed by atoms with Crippen LogP contribution in [0, 0.1) is 12.7 Å². The number of hydrogen-bond acceptors (Lipinski definition) is 4. The molecule has 1 aliphatic rings. The largest absolute Gasteiger partial charge is 0.469 e. The molecule has 2 N–H and O–H groups in total. The number of nitrogens with zero attached hydrogens (tertiary/aromatic N) is 2. The van der Waals surface area contributed by atoms with Gasteiger partial charge in [-0.1, -0.05) is 42.0 Å². The van der Waals surface area contributed by atoms with Crippen molar-refractivity contribution < 1.29 is 28.1 Å². The van der Waals surface area contributed by atoms with Crippen molar-refractivity contribution in [3.05, 3.63) is 71.0 Å². The minimum absolute atomic E-state index is 0.0716. The van der Waals surface area contributed by atoms with Crippen LogP contribution in [0.3, 0.4) is 0 Å². The molecule has 0 aromatic heterocycles. The molecule has 1 aliphatic heterocycles. The SMILES string of the molecule is CC(=O)N1N=C(c2cc(C)ccc2F)C[C@@]1(CCOP(=O)(O)O)c1ccccc1. The zero-order valence-electron chi connectivity index (χ0n) is 16.1. The van der Waals surface area contributed by atoms with E-state index in [1.54, 1.807) is 36.4 Å². The third-order valence-electron chi connectivity index (χ3n) is 4.90. The molecule has 0 fully saturated rings. The summed E-state index contributed by atoms with van der Waals surface area (Å²) in [6, 6.07) is 13.7. The predicted molar refractivity (Wildman–Crippen MR) is 106 cm³/mol. The maximum atomic E-state index is 14.5. The molecular weight excluding hydrogens is 398 g/mol. The molecule has 0 spiro atoms. The van der Waals surface area contributed by atoms with Gasteiger partial charge < -0.3 is 9.79 Å². The minimum atomic E-state index is -4.68. The Kier molecular flexibility index (Phi) is 6.00. The van der Waals surface area contributed by atoms with Gasteiger partial charge in [0.25, 0.3) is 0 Å². The van der Waals surface area contributed by atoms with Crippen molar-refractivity contribution in [3.8, 4) is 0 Å². The van der Waals surface area contributed by atoms with Gasteiger partial charge in [0.15, 0.2) is 0 Å². The Hall–Kier alpha value is -2.38. The van der Waals surface area contributed by atoms with Gasteiger partial charge in [-0.05, 0) is 24.6 Å². The Labute approximate surface area is 168 Å². The molecule has 9 heteroatoms. The third kappa shape index (κ3) is 4.62. The maximum Gasteiger partial charge on any atom is 0.469 e. The fraction of sp³-hybridized carbons (Fsp3) is 0.300. The lowest BCUT2D eigenvalue weighted by Gasteiger charge is -2.36. The smallest absolute Gasteiger partial charge is 0.303 e. The number of carbonyl (C=O) groups is 1. The van der Waals surface area contributed by atoms with E-state index in [0.717, 1.165) is 11.1 Å². The highest BCUT2D eigenvalue weighted by atomic mass is 31.2. The van der Waals surface area contributed by atoms with E-state index in [4.69, 9.17) is 9.79 Å². The average Bonchev–Trinajstić information content (AvgIpc) is 3.04. The van der Waals surface area contributed by atoms with Gasteiger partial charge in [0.2, 0.25) is 5.91 Å². The monoisotopic (exact) mass is 420 g/mol. The van der Waals surface area contributed by atoms with E-state index in [-0.39, 0.29) is 25.4 Å². The number of hydrazone groups is 1. The predicted octanol–water partition coefficient (Wildman–Crippen LogP) is 3.49. The number of aryl methyl sites for hydroxylation is 1. The van der Waals surface area contributed by atoms with E-state index < -0.39 is 19.2 Å². The second-order valence-electron chi connectivity index (χ2n) is 7.01.